The molecule has 0 fully saturated rings. The Morgan fingerprint density at radius 1 is 1.10 bits per heavy atom. The largest absolute Gasteiger partial charge is 0.468 e. The van der Waals surface area contributed by atoms with E-state index in [9.17, 15) is 35.5 Å². The van der Waals surface area contributed by atoms with Gasteiger partial charge in [0.05, 0.1) is 7.11 Å². The summed E-state index contributed by atoms with van der Waals surface area (Å²) in [5.41, 5.74) is 1.05. The zero-order valence-electron chi connectivity index (χ0n) is 10.3. The number of hydrogen-bond donors (Lipinski definition) is 1. The van der Waals surface area contributed by atoms with Gasteiger partial charge < -0.3 is 10.5 Å². The fourth-order valence-electron chi connectivity index (χ4n) is 1.56. The topological polar surface area (TPSA) is 52.3 Å². The molecule has 0 heterocycles. The zero-order valence-corrected chi connectivity index (χ0v) is 10.3. The minimum atomic E-state index is -5.63. The van der Waals surface area contributed by atoms with Crippen molar-refractivity contribution in [3.8, 4) is 0 Å². The molecule has 1 atom stereocenters. The third-order valence-corrected chi connectivity index (χ3v) is 2.57. The van der Waals surface area contributed by atoms with Crippen molar-refractivity contribution in [3.63, 3.8) is 0 Å². The molecule has 0 aromatic heterocycles. The van der Waals surface area contributed by atoms with Crippen LogP contribution in [0.15, 0.2) is 0 Å². The highest BCUT2D eigenvalue weighted by Gasteiger charge is 2.42. The van der Waals surface area contributed by atoms with Gasteiger partial charge in [-0.15, -0.1) is 0 Å². The number of halogens is 7. The van der Waals surface area contributed by atoms with Gasteiger partial charge in [-0.2, -0.15) is 13.2 Å². The molecule has 1 aromatic rings. The second-order valence-electron chi connectivity index (χ2n) is 3.94. The molecule has 3 nitrogen and oxygen atoms in total. The van der Waals surface area contributed by atoms with Crippen LogP contribution in [0.4, 0.5) is 30.7 Å². The minimum absolute atomic E-state index is 0.892. The molecule has 0 aliphatic heterocycles. The molecule has 0 radical (unpaired) electrons. The molecule has 0 saturated heterocycles. The fraction of sp³-hybridized carbons (Fsp3) is 0.364. The summed E-state index contributed by atoms with van der Waals surface area (Å²) in [7, 11) is 0.892. The summed E-state index contributed by atoms with van der Waals surface area (Å²) in [6.07, 6.45) is -6.70. The Morgan fingerprint density at radius 2 is 1.52 bits per heavy atom. The summed E-state index contributed by atoms with van der Waals surface area (Å²) in [5, 5.41) is 0. The van der Waals surface area contributed by atoms with Gasteiger partial charge in [-0.05, 0) is 0 Å². The highest BCUT2D eigenvalue weighted by Crippen LogP contribution is 2.37. The van der Waals surface area contributed by atoms with Crippen LogP contribution in [0.25, 0.3) is 0 Å². The number of methoxy groups -OCH3 is 1. The maximum absolute atomic E-state index is 13.5. The van der Waals surface area contributed by atoms with Crippen LogP contribution in [0, 0.1) is 23.3 Å². The van der Waals surface area contributed by atoms with Crippen molar-refractivity contribution in [2.45, 2.75) is 18.6 Å². The van der Waals surface area contributed by atoms with E-state index < -0.39 is 59.0 Å². The van der Waals surface area contributed by atoms with Gasteiger partial charge in [0.1, 0.15) is 11.6 Å². The van der Waals surface area contributed by atoms with Crippen LogP contribution in [0.5, 0.6) is 0 Å². The van der Waals surface area contributed by atoms with Crippen LogP contribution in [0.1, 0.15) is 11.1 Å². The Labute approximate surface area is 113 Å². The summed E-state index contributed by atoms with van der Waals surface area (Å²) in [4.78, 5) is 11.0. The van der Waals surface area contributed by atoms with E-state index in [1.165, 1.54) is 0 Å². The number of benzene rings is 1. The number of esters is 1. The smallest absolute Gasteiger partial charge is 0.422 e. The molecule has 2 N–H and O–H groups in total. The molecule has 21 heavy (non-hydrogen) atoms. The number of rotatable bonds is 3. The lowest BCUT2D eigenvalue weighted by Gasteiger charge is -2.15. The van der Waals surface area contributed by atoms with E-state index in [1.807, 2.05) is 0 Å². The van der Waals surface area contributed by atoms with Crippen molar-refractivity contribution in [2.75, 3.05) is 7.11 Å². The van der Waals surface area contributed by atoms with E-state index in [-0.39, 0.29) is 0 Å². The van der Waals surface area contributed by atoms with Crippen LogP contribution < -0.4 is 5.73 Å². The van der Waals surface area contributed by atoms with Crippen LogP contribution in [-0.2, 0) is 22.1 Å². The van der Waals surface area contributed by atoms with Crippen molar-refractivity contribution in [3.05, 3.63) is 34.4 Å². The average Bonchev–Trinajstić information content (AvgIpc) is 2.38. The molecule has 118 valence electrons. The first-order valence-corrected chi connectivity index (χ1v) is 5.27. The Morgan fingerprint density at radius 3 is 1.86 bits per heavy atom. The second-order valence-corrected chi connectivity index (χ2v) is 3.94. The molecule has 0 amide bonds. The molecule has 0 bridgehead atoms. The van der Waals surface area contributed by atoms with Crippen LogP contribution in [0.2, 0.25) is 0 Å². The third-order valence-electron chi connectivity index (χ3n) is 2.57. The molecule has 1 aromatic carbocycles. The van der Waals surface area contributed by atoms with Crippen molar-refractivity contribution in [1.82, 2.24) is 0 Å². The van der Waals surface area contributed by atoms with Crippen molar-refractivity contribution in [1.29, 1.82) is 0 Å². The van der Waals surface area contributed by atoms with E-state index in [0.717, 1.165) is 7.11 Å². The fourth-order valence-corrected chi connectivity index (χ4v) is 1.56. The SMILES string of the molecule is COC(=O)[C@H](N)Cc1c(F)c(F)c(C(F)(F)F)c(F)c1F. The molecule has 0 saturated carbocycles. The van der Waals surface area contributed by atoms with E-state index in [2.05, 4.69) is 4.74 Å². The standard InChI is InChI=1S/C11H8F7NO2/c1-21-10(20)4(19)2-3-6(12)8(14)5(11(16,17)18)9(15)7(3)13/h4H,2,19H2,1H3/t4-/m1/s1. The Hall–Kier alpha value is -1.84. The molecule has 0 spiro atoms. The zero-order chi connectivity index (χ0) is 16.5. The third kappa shape index (κ3) is 3.26. The number of hydrogen-bond acceptors (Lipinski definition) is 3. The highest BCUT2D eigenvalue weighted by atomic mass is 19.4. The first-order valence-electron chi connectivity index (χ1n) is 5.27. The van der Waals surface area contributed by atoms with Crippen LogP contribution >= 0.6 is 0 Å². The minimum Gasteiger partial charge on any atom is -0.468 e. The van der Waals surface area contributed by atoms with Gasteiger partial charge in [0, 0.05) is 12.0 Å². The maximum Gasteiger partial charge on any atom is 0.422 e. The molecule has 10 heteroatoms. The van der Waals surface area contributed by atoms with E-state index in [4.69, 9.17) is 5.73 Å². The second kappa shape index (κ2) is 5.88. The van der Waals surface area contributed by atoms with E-state index in [0.29, 0.717) is 0 Å². The predicted molar refractivity (Wildman–Crippen MR) is 55.0 cm³/mol. The van der Waals surface area contributed by atoms with Gasteiger partial charge >= 0.3 is 12.1 Å². The molecule has 1 rings (SSSR count). The van der Waals surface area contributed by atoms with Gasteiger partial charge in [0.15, 0.2) is 23.3 Å². The maximum atomic E-state index is 13.5. The van der Waals surface area contributed by atoms with Crippen molar-refractivity contribution >= 4 is 5.97 Å². The molecule has 0 unspecified atom stereocenters. The van der Waals surface area contributed by atoms with Gasteiger partial charge in [-0.1, -0.05) is 0 Å². The summed E-state index contributed by atoms with van der Waals surface area (Å²) in [6.45, 7) is 0. The Kier molecular flexibility index (Phi) is 4.82. The normalized spacial score (nSPS) is 13.2. The Bertz CT molecular complexity index is 542. The number of ether oxygens (including phenoxy) is 1. The monoisotopic (exact) mass is 319 g/mol. The lowest BCUT2D eigenvalue weighted by molar-refractivity contribution is -0.144. The lowest BCUT2D eigenvalue weighted by atomic mass is 10.0. The lowest BCUT2D eigenvalue weighted by Crippen LogP contribution is -2.34. The summed E-state index contributed by atoms with van der Waals surface area (Å²) >= 11 is 0. The Balaban J connectivity index is 3.42. The summed E-state index contributed by atoms with van der Waals surface area (Å²) < 4.78 is 94.6. The molecular weight excluding hydrogens is 311 g/mol. The van der Waals surface area contributed by atoms with Gasteiger partial charge in [0.25, 0.3) is 0 Å². The van der Waals surface area contributed by atoms with Gasteiger partial charge in [0.2, 0.25) is 0 Å². The molecule has 0 aliphatic carbocycles. The first kappa shape index (κ1) is 17.2. The van der Waals surface area contributed by atoms with Crippen LogP contribution in [0.3, 0.4) is 0 Å². The number of nitrogens with two attached hydrogens (primary N) is 1. The first-order chi connectivity index (χ1) is 9.52. The van der Waals surface area contributed by atoms with Crippen molar-refractivity contribution < 1.29 is 40.3 Å². The van der Waals surface area contributed by atoms with Crippen LogP contribution in [-0.4, -0.2) is 19.1 Å². The summed E-state index contributed by atoms with van der Waals surface area (Å²) in [6, 6.07) is -1.70. The number of carbonyl (C=O) groups is 1. The number of carbonyl (C=O) groups excluding carboxylic acids is 1. The van der Waals surface area contributed by atoms with E-state index >= 15 is 0 Å². The van der Waals surface area contributed by atoms with E-state index in [1.54, 1.807) is 0 Å². The quantitative estimate of drug-likeness (QED) is 0.528. The van der Waals surface area contributed by atoms with Crippen molar-refractivity contribution in [2.24, 2.45) is 5.73 Å². The molecular formula is C11H8F7NO2. The highest BCUT2D eigenvalue weighted by molar-refractivity contribution is 5.75. The predicted octanol–water partition coefficient (Wildman–Crippen LogP) is 2.30. The van der Waals surface area contributed by atoms with Gasteiger partial charge in [-0.3, -0.25) is 4.79 Å². The molecule has 0 aliphatic rings. The average molecular weight is 319 g/mol. The summed E-state index contributed by atoms with van der Waals surface area (Å²) in [5.74, 6) is -10.9. The number of alkyl halides is 3. The van der Waals surface area contributed by atoms with Gasteiger partial charge in [-0.25, -0.2) is 17.6 Å².